The number of aryl methyl sites for hydroxylation is 1. The summed E-state index contributed by atoms with van der Waals surface area (Å²) in [5.41, 5.74) is 0.923. The van der Waals surface area contributed by atoms with Gasteiger partial charge >= 0.3 is 5.69 Å². The lowest BCUT2D eigenvalue weighted by Gasteiger charge is -2.13. The molecule has 0 aliphatic rings. The molecule has 2 aromatic rings. The maximum Gasteiger partial charge on any atom is 0.330 e. The predicted octanol–water partition coefficient (Wildman–Crippen LogP) is 0.736. The Bertz CT molecular complexity index is 669. The molecule has 0 spiro atoms. The number of fused-ring (bicyclic) bond motifs is 1. The molecule has 5 heteroatoms. The van der Waals surface area contributed by atoms with E-state index in [1.54, 1.807) is 26.1 Å². The standard InChI is InChI=1S/C12H15N3O2/c1-7-4-5-9-10(6-7)14-12(17)15(11(9)16)8(2)13-3/h4-6,8,13H,1-3H3,(H,14,17). The van der Waals surface area contributed by atoms with E-state index >= 15 is 0 Å². The van der Waals surface area contributed by atoms with Crippen molar-refractivity contribution in [1.29, 1.82) is 0 Å². The first-order chi connectivity index (χ1) is 8.04. The van der Waals surface area contributed by atoms with Gasteiger partial charge in [0.1, 0.15) is 0 Å². The summed E-state index contributed by atoms with van der Waals surface area (Å²) in [4.78, 5) is 26.7. The third-order valence-corrected chi connectivity index (χ3v) is 2.89. The number of nitrogens with zero attached hydrogens (tertiary/aromatic N) is 1. The van der Waals surface area contributed by atoms with Gasteiger partial charge < -0.3 is 10.3 Å². The van der Waals surface area contributed by atoms with Gasteiger partial charge in [-0.3, -0.25) is 4.79 Å². The van der Waals surface area contributed by atoms with Crippen LogP contribution < -0.4 is 16.6 Å². The minimum absolute atomic E-state index is 0.273. The van der Waals surface area contributed by atoms with Crippen LogP contribution in [0.5, 0.6) is 0 Å². The lowest BCUT2D eigenvalue weighted by atomic mass is 10.2. The van der Waals surface area contributed by atoms with Crippen LogP contribution in [0.4, 0.5) is 0 Å². The first-order valence-corrected chi connectivity index (χ1v) is 5.47. The number of hydrogen-bond acceptors (Lipinski definition) is 3. The van der Waals surface area contributed by atoms with E-state index in [1.165, 1.54) is 4.57 Å². The number of benzene rings is 1. The van der Waals surface area contributed by atoms with E-state index in [0.717, 1.165) is 5.56 Å². The molecule has 0 saturated carbocycles. The van der Waals surface area contributed by atoms with Crippen LogP contribution in [0.25, 0.3) is 10.9 Å². The highest BCUT2D eigenvalue weighted by molar-refractivity contribution is 5.77. The summed E-state index contributed by atoms with van der Waals surface area (Å²) in [6, 6.07) is 5.39. The highest BCUT2D eigenvalue weighted by atomic mass is 16.2. The summed E-state index contributed by atoms with van der Waals surface area (Å²) in [5, 5.41) is 3.41. The Balaban J connectivity index is 2.86. The van der Waals surface area contributed by atoms with Gasteiger partial charge in [-0.15, -0.1) is 0 Å². The molecule has 5 nitrogen and oxygen atoms in total. The van der Waals surface area contributed by atoms with Crippen LogP contribution in [-0.2, 0) is 0 Å². The van der Waals surface area contributed by atoms with Crippen molar-refractivity contribution >= 4 is 10.9 Å². The Morgan fingerprint density at radius 3 is 2.71 bits per heavy atom. The number of hydrogen-bond donors (Lipinski definition) is 2. The van der Waals surface area contributed by atoms with Crippen molar-refractivity contribution in [1.82, 2.24) is 14.9 Å². The fourth-order valence-electron chi connectivity index (χ4n) is 1.83. The summed E-state index contributed by atoms with van der Waals surface area (Å²) in [5.74, 6) is 0. The Hall–Kier alpha value is -1.88. The first-order valence-electron chi connectivity index (χ1n) is 5.47. The molecule has 1 unspecified atom stereocenters. The zero-order chi connectivity index (χ0) is 12.6. The average molecular weight is 233 g/mol. The molecule has 0 saturated heterocycles. The fourth-order valence-corrected chi connectivity index (χ4v) is 1.83. The van der Waals surface area contributed by atoms with Crippen molar-refractivity contribution in [3.63, 3.8) is 0 Å². The summed E-state index contributed by atoms with van der Waals surface area (Å²) in [7, 11) is 1.70. The van der Waals surface area contributed by atoms with E-state index in [0.29, 0.717) is 10.9 Å². The largest absolute Gasteiger partial charge is 0.330 e. The number of aromatic amines is 1. The fraction of sp³-hybridized carbons (Fsp3) is 0.333. The molecule has 1 aromatic heterocycles. The lowest BCUT2D eigenvalue weighted by Crippen LogP contribution is -2.41. The van der Waals surface area contributed by atoms with Crippen molar-refractivity contribution < 1.29 is 0 Å². The van der Waals surface area contributed by atoms with E-state index in [1.807, 2.05) is 13.0 Å². The van der Waals surface area contributed by atoms with Gasteiger partial charge in [0.25, 0.3) is 5.56 Å². The summed E-state index contributed by atoms with van der Waals surface area (Å²) in [6.45, 7) is 3.68. The maximum absolute atomic E-state index is 12.2. The van der Waals surface area contributed by atoms with E-state index in [2.05, 4.69) is 10.3 Å². The van der Waals surface area contributed by atoms with Gasteiger partial charge in [0, 0.05) is 0 Å². The molecule has 0 bridgehead atoms. The van der Waals surface area contributed by atoms with Crippen molar-refractivity contribution in [2.75, 3.05) is 7.05 Å². The van der Waals surface area contributed by atoms with Gasteiger partial charge in [0.2, 0.25) is 0 Å². The van der Waals surface area contributed by atoms with E-state index in [-0.39, 0.29) is 11.7 Å². The zero-order valence-electron chi connectivity index (χ0n) is 10.1. The van der Waals surface area contributed by atoms with E-state index < -0.39 is 5.69 Å². The highest BCUT2D eigenvalue weighted by Crippen LogP contribution is 2.08. The van der Waals surface area contributed by atoms with Gasteiger partial charge in [-0.2, -0.15) is 0 Å². The van der Waals surface area contributed by atoms with Crippen molar-refractivity contribution in [3.05, 3.63) is 44.6 Å². The van der Waals surface area contributed by atoms with E-state index in [9.17, 15) is 9.59 Å². The molecule has 2 N–H and O–H groups in total. The van der Waals surface area contributed by atoms with Gasteiger partial charge in [-0.1, -0.05) is 6.07 Å². The summed E-state index contributed by atoms with van der Waals surface area (Å²) < 4.78 is 1.18. The van der Waals surface area contributed by atoms with Crippen molar-refractivity contribution in [2.45, 2.75) is 20.0 Å². The molecule has 1 atom stereocenters. The Kier molecular flexibility index (Phi) is 2.85. The van der Waals surface area contributed by atoms with Gasteiger partial charge in [-0.05, 0) is 38.6 Å². The third kappa shape index (κ3) is 1.89. The van der Waals surface area contributed by atoms with Crippen molar-refractivity contribution in [2.24, 2.45) is 0 Å². The quantitative estimate of drug-likeness (QED) is 0.803. The second-order valence-electron chi connectivity index (χ2n) is 4.12. The van der Waals surface area contributed by atoms with Gasteiger partial charge in [0.15, 0.2) is 0 Å². The van der Waals surface area contributed by atoms with Gasteiger partial charge in [0.05, 0.1) is 17.1 Å². The normalized spacial score (nSPS) is 12.9. The lowest BCUT2D eigenvalue weighted by molar-refractivity contribution is 0.447. The first kappa shape index (κ1) is 11.6. The number of H-pyrrole nitrogens is 1. The second-order valence-corrected chi connectivity index (χ2v) is 4.12. The monoisotopic (exact) mass is 233 g/mol. The maximum atomic E-state index is 12.2. The number of aromatic nitrogens is 2. The average Bonchev–Trinajstić information content (AvgIpc) is 2.28. The molecular formula is C12H15N3O2. The van der Waals surface area contributed by atoms with Crippen LogP contribution in [0.1, 0.15) is 18.7 Å². The molecule has 1 heterocycles. The van der Waals surface area contributed by atoms with Crippen LogP contribution in [0.2, 0.25) is 0 Å². The van der Waals surface area contributed by atoms with Crippen LogP contribution in [0, 0.1) is 6.92 Å². The minimum Gasteiger partial charge on any atom is -0.307 e. The molecule has 1 aromatic carbocycles. The van der Waals surface area contributed by atoms with Gasteiger partial charge in [-0.25, -0.2) is 9.36 Å². The SMILES string of the molecule is CNC(C)n1c(=O)[nH]c2cc(C)ccc2c1=O. The molecule has 0 amide bonds. The second kappa shape index (κ2) is 4.18. The topological polar surface area (TPSA) is 66.9 Å². The third-order valence-electron chi connectivity index (χ3n) is 2.89. The van der Waals surface area contributed by atoms with Crippen molar-refractivity contribution in [3.8, 4) is 0 Å². The Labute approximate surface area is 98.1 Å². The van der Waals surface area contributed by atoms with Crippen LogP contribution in [0.15, 0.2) is 27.8 Å². The summed E-state index contributed by atoms with van der Waals surface area (Å²) >= 11 is 0. The molecule has 2 rings (SSSR count). The highest BCUT2D eigenvalue weighted by Gasteiger charge is 2.11. The smallest absolute Gasteiger partial charge is 0.307 e. The number of nitrogens with one attached hydrogen (secondary N) is 2. The van der Waals surface area contributed by atoms with E-state index in [4.69, 9.17) is 0 Å². The molecule has 90 valence electrons. The molecule has 0 aliphatic carbocycles. The molecule has 0 aliphatic heterocycles. The Morgan fingerprint density at radius 1 is 1.35 bits per heavy atom. The Morgan fingerprint density at radius 2 is 2.06 bits per heavy atom. The molecule has 0 radical (unpaired) electrons. The summed E-state index contributed by atoms with van der Waals surface area (Å²) in [6.07, 6.45) is -0.336. The molecular weight excluding hydrogens is 218 g/mol. The minimum atomic E-state index is -0.394. The molecule has 0 fully saturated rings. The number of rotatable bonds is 2. The molecule has 17 heavy (non-hydrogen) atoms. The van der Waals surface area contributed by atoms with Crippen LogP contribution in [-0.4, -0.2) is 16.6 Å². The predicted molar refractivity (Wildman–Crippen MR) is 67.3 cm³/mol. The zero-order valence-corrected chi connectivity index (χ0v) is 10.1. The van der Waals surface area contributed by atoms with Crippen LogP contribution >= 0.6 is 0 Å². The van der Waals surface area contributed by atoms with Crippen LogP contribution in [0.3, 0.4) is 0 Å².